The minimum absolute atomic E-state index is 0.115. The molecule has 0 aliphatic heterocycles. The first kappa shape index (κ1) is 11.8. The zero-order chi connectivity index (χ0) is 11.6. The van der Waals surface area contributed by atoms with Gasteiger partial charge in [0.2, 0.25) is 0 Å². The van der Waals surface area contributed by atoms with Crippen molar-refractivity contribution in [2.75, 3.05) is 7.11 Å². The molecule has 0 unspecified atom stereocenters. The van der Waals surface area contributed by atoms with Gasteiger partial charge in [-0.1, -0.05) is 0 Å². The second-order valence-electron chi connectivity index (χ2n) is 2.82. The highest BCUT2D eigenvalue weighted by Gasteiger charge is 2.19. The molecule has 0 radical (unpaired) electrons. The summed E-state index contributed by atoms with van der Waals surface area (Å²) < 4.78 is 27.3. The monoisotopic (exact) mass is 245 g/mol. The summed E-state index contributed by atoms with van der Waals surface area (Å²) in [5, 5.41) is 8.74. The molecule has 80 valence electrons. The van der Waals surface area contributed by atoms with E-state index in [2.05, 4.69) is 0 Å². The van der Waals surface area contributed by atoms with Crippen LogP contribution in [0.25, 0.3) is 0 Å². The van der Waals surface area contributed by atoms with Gasteiger partial charge >= 0.3 is 0 Å². The van der Waals surface area contributed by atoms with Crippen LogP contribution in [0.4, 0.5) is 0 Å². The molecule has 0 aromatic heterocycles. The van der Waals surface area contributed by atoms with E-state index >= 15 is 0 Å². The number of ether oxygens (including phenoxy) is 1. The quantitative estimate of drug-likeness (QED) is 0.745. The van der Waals surface area contributed by atoms with Crippen molar-refractivity contribution in [3.63, 3.8) is 0 Å². The maximum atomic E-state index is 11.2. The Kier molecular flexibility index (Phi) is 3.22. The van der Waals surface area contributed by atoms with Crippen LogP contribution in [0.5, 0.6) is 5.75 Å². The van der Waals surface area contributed by atoms with Gasteiger partial charge in [-0.3, -0.25) is 0 Å². The molecule has 0 bridgehead atoms. The van der Waals surface area contributed by atoms with Crippen LogP contribution in [0.2, 0.25) is 0 Å². The highest BCUT2D eigenvalue weighted by molar-refractivity contribution is 8.13. The molecule has 6 heteroatoms. The van der Waals surface area contributed by atoms with Crippen LogP contribution < -0.4 is 4.74 Å². The van der Waals surface area contributed by atoms with E-state index in [0.717, 1.165) is 0 Å². The summed E-state index contributed by atoms with van der Waals surface area (Å²) in [4.78, 5) is -0.122. The third-order valence-electron chi connectivity index (χ3n) is 1.96. The normalized spacial score (nSPS) is 10.8. The molecule has 0 aliphatic rings. The van der Waals surface area contributed by atoms with Crippen molar-refractivity contribution in [1.82, 2.24) is 0 Å². The summed E-state index contributed by atoms with van der Waals surface area (Å²) in [5.74, 6) is 0.115. The number of nitrogens with zero attached hydrogens (tertiary/aromatic N) is 1. The lowest BCUT2D eigenvalue weighted by atomic mass is 10.1. The number of hydrogen-bond acceptors (Lipinski definition) is 4. The van der Waals surface area contributed by atoms with E-state index in [1.165, 1.54) is 19.2 Å². The molecule has 0 fully saturated rings. The molecule has 0 saturated carbocycles. The average Bonchev–Trinajstić information content (AvgIpc) is 2.15. The van der Waals surface area contributed by atoms with Crippen LogP contribution in [0.15, 0.2) is 17.0 Å². The van der Waals surface area contributed by atoms with Crippen molar-refractivity contribution in [2.45, 2.75) is 11.8 Å². The summed E-state index contributed by atoms with van der Waals surface area (Å²) in [5.41, 5.74) is 0.817. The maximum Gasteiger partial charge on any atom is 0.264 e. The summed E-state index contributed by atoms with van der Waals surface area (Å²) in [6.45, 7) is 1.60. The molecule has 15 heavy (non-hydrogen) atoms. The molecule has 1 aromatic carbocycles. The predicted octanol–water partition coefficient (Wildman–Crippen LogP) is 1.80. The van der Waals surface area contributed by atoms with Gasteiger partial charge in [-0.25, -0.2) is 8.42 Å². The Bertz CT molecular complexity index is 531. The van der Waals surface area contributed by atoms with Crippen molar-refractivity contribution in [3.05, 3.63) is 23.3 Å². The van der Waals surface area contributed by atoms with Gasteiger partial charge in [-0.05, 0) is 19.1 Å². The number of methoxy groups -OCH3 is 1. The van der Waals surface area contributed by atoms with Crippen molar-refractivity contribution >= 4 is 19.7 Å². The second-order valence-corrected chi connectivity index (χ2v) is 5.35. The van der Waals surface area contributed by atoms with Crippen LogP contribution in [0, 0.1) is 18.3 Å². The van der Waals surface area contributed by atoms with E-state index in [9.17, 15) is 8.42 Å². The molecular weight excluding hydrogens is 238 g/mol. The van der Waals surface area contributed by atoms with Crippen LogP contribution >= 0.6 is 10.7 Å². The molecule has 0 aliphatic carbocycles. The molecule has 0 spiro atoms. The molecular formula is C9H8ClNO3S. The number of rotatable bonds is 2. The molecule has 1 aromatic rings. The molecule has 4 nitrogen and oxygen atoms in total. The molecule has 1 rings (SSSR count). The summed E-state index contributed by atoms with van der Waals surface area (Å²) in [6, 6.07) is 4.58. The van der Waals surface area contributed by atoms with Crippen molar-refractivity contribution in [2.24, 2.45) is 0 Å². The van der Waals surface area contributed by atoms with Crippen LogP contribution in [-0.2, 0) is 9.05 Å². The fourth-order valence-corrected chi connectivity index (χ4v) is 2.29. The van der Waals surface area contributed by atoms with Gasteiger partial charge in [0, 0.05) is 16.2 Å². The van der Waals surface area contributed by atoms with Crippen LogP contribution in [0.1, 0.15) is 11.1 Å². The lowest BCUT2D eigenvalue weighted by Crippen LogP contribution is -1.99. The van der Waals surface area contributed by atoms with Gasteiger partial charge in [0.1, 0.15) is 10.6 Å². The van der Waals surface area contributed by atoms with E-state index in [1.807, 2.05) is 6.07 Å². The van der Waals surface area contributed by atoms with Crippen molar-refractivity contribution in [3.8, 4) is 11.8 Å². The topological polar surface area (TPSA) is 67.2 Å². The van der Waals surface area contributed by atoms with Gasteiger partial charge in [-0.15, -0.1) is 0 Å². The second kappa shape index (κ2) is 4.09. The largest absolute Gasteiger partial charge is 0.495 e. The fourth-order valence-electron chi connectivity index (χ4n) is 1.23. The SMILES string of the molecule is COc1c(S(=O)(=O)Cl)ccc(C#N)c1C. The van der Waals surface area contributed by atoms with Crippen molar-refractivity contribution < 1.29 is 13.2 Å². The lowest BCUT2D eigenvalue weighted by molar-refractivity contribution is 0.400. The van der Waals surface area contributed by atoms with E-state index in [-0.39, 0.29) is 10.6 Å². The first-order valence-corrected chi connectivity index (χ1v) is 6.25. The predicted molar refractivity (Wildman–Crippen MR) is 55.5 cm³/mol. The highest BCUT2D eigenvalue weighted by atomic mass is 35.7. The van der Waals surface area contributed by atoms with E-state index in [0.29, 0.717) is 11.1 Å². The Hall–Kier alpha value is -1.25. The summed E-state index contributed by atoms with van der Waals surface area (Å²) in [7, 11) is 2.69. The third kappa shape index (κ3) is 2.22. The zero-order valence-corrected chi connectivity index (χ0v) is 9.69. The Morgan fingerprint density at radius 1 is 1.47 bits per heavy atom. The maximum absolute atomic E-state index is 11.2. The van der Waals surface area contributed by atoms with Gasteiger partial charge in [-0.2, -0.15) is 5.26 Å². The minimum atomic E-state index is -3.86. The number of benzene rings is 1. The Morgan fingerprint density at radius 2 is 2.07 bits per heavy atom. The van der Waals surface area contributed by atoms with Crippen molar-refractivity contribution in [1.29, 1.82) is 5.26 Å². The first-order valence-electron chi connectivity index (χ1n) is 3.94. The minimum Gasteiger partial charge on any atom is -0.495 e. The van der Waals surface area contributed by atoms with Gasteiger partial charge in [0.15, 0.2) is 0 Å². The van der Waals surface area contributed by atoms with Crippen LogP contribution in [-0.4, -0.2) is 15.5 Å². The molecule has 0 saturated heterocycles. The summed E-state index contributed by atoms with van der Waals surface area (Å²) >= 11 is 0. The molecule has 0 heterocycles. The van der Waals surface area contributed by atoms with Gasteiger partial charge in [0.05, 0.1) is 18.7 Å². The first-order chi connectivity index (χ1) is 6.91. The highest BCUT2D eigenvalue weighted by Crippen LogP contribution is 2.31. The molecule has 0 atom stereocenters. The third-order valence-corrected chi connectivity index (χ3v) is 3.30. The smallest absolute Gasteiger partial charge is 0.264 e. The zero-order valence-electron chi connectivity index (χ0n) is 8.11. The van der Waals surface area contributed by atoms with Gasteiger partial charge in [0.25, 0.3) is 9.05 Å². The molecule has 0 N–H and O–H groups in total. The number of nitriles is 1. The Labute approximate surface area is 92.5 Å². The van der Waals surface area contributed by atoms with E-state index in [4.69, 9.17) is 20.7 Å². The lowest BCUT2D eigenvalue weighted by Gasteiger charge is -2.09. The van der Waals surface area contributed by atoms with Crippen LogP contribution in [0.3, 0.4) is 0 Å². The summed E-state index contributed by atoms with van der Waals surface area (Å²) in [6.07, 6.45) is 0. The fraction of sp³-hybridized carbons (Fsp3) is 0.222. The molecule has 0 amide bonds. The van der Waals surface area contributed by atoms with E-state index < -0.39 is 9.05 Å². The Balaban J connectivity index is 3.61. The number of halogens is 1. The Morgan fingerprint density at radius 3 is 2.47 bits per heavy atom. The van der Waals surface area contributed by atoms with Gasteiger partial charge < -0.3 is 4.74 Å². The number of hydrogen-bond donors (Lipinski definition) is 0. The standard InChI is InChI=1S/C9H8ClNO3S/c1-6-7(5-11)3-4-8(9(6)14-2)15(10,12)13/h3-4H,1-2H3. The van der Waals surface area contributed by atoms with E-state index in [1.54, 1.807) is 6.92 Å². The average molecular weight is 246 g/mol.